The number of imidazole rings is 1. The fourth-order valence-corrected chi connectivity index (χ4v) is 5.73. The molecule has 11 heteroatoms. The maximum absolute atomic E-state index is 13.9. The number of rotatable bonds is 5. The number of aromatic nitrogens is 4. The second-order valence-electron chi connectivity index (χ2n) is 8.55. The molecule has 0 N–H and O–H groups in total. The smallest absolute Gasteiger partial charge is 0.260 e. The highest BCUT2D eigenvalue weighted by atomic mass is 35.5. The minimum atomic E-state index is -3.68. The molecule has 0 radical (unpaired) electrons. The van der Waals surface area contributed by atoms with E-state index in [2.05, 4.69) is 15.0 Å². The molecule has 35 heavy (non-hydrogen) atoms. The van der Waals surface area contributed by atoms with Crippen LogP contribution in [0.15, 0.2) is 72.4 Å². The lowest BCUT2D eigenvalue weighted by Crippen LogP contribution is -2.41. The van der Waals surface area contributed by atoms with Crippen LogP contribution in [0, 0.1) is 0 Å². The van der Waals surface area contributed by atoms with Gasteiger partial charge in [0.25, 0.3) is 5.91 Å². The molecule has 0 saturated carbocycles. The van der Waals surface area contributed by atoms with Crippen molar-refractivity contribution in [3.8, 4) is 11.1 Å². The number of carbonyl (C=O) groups excluding carboxylic acids is 1. The van der Waals surface area contributed by atoms with Crippen LogP contribution in [0.1, 0.15) is 12.5 Å². The molecule has 1 aliphatic rings. The number of hydrogen-bond acceptors (Lipinski definition) is 6. The lowest BCUT2D eigenvalue weighted by Gasteiger charge is -2.26. The van der Waals surface area contributed by atoms with Gasteiger partial charge in [-0.15, -0.1) is 0 Å². The normalized spacial score (nSPS) is 17.6. The number of halogens is 2. The molecule has 8 nitrogen and oxygen atoms in total. The third kappa shape index (κ3) is 4.09. The maximum Gasteiger partial charge on any atom is 0.260 e. The highest BCUT2D eigenvalue weighted by molar-refractivity contribution is 7.90. The summed E-state index contributed by atoms with van der Waals surface area (Å²) in [6, 6.07) is 12.4. The molecular weight excluding hydrogens is 509 g/mol. The minimum Gasteiger partial charge on any atom is -0.285 e. The van der Waals surface area contributed by atoms with Crippen LogP contribution >= 0.6 is 23.2 Å². The lowest BCUT2D eigenvalue weighted by molar-refractivity contribution is -0.124. The Balaban J connectivity index is 1.60. The Morgan fingerprint density at radius 1 is 0.943 bits per heavy atom. The summed E-state index contributed by atoms with van der Waals surface area (Å²) < 4.78 is 26.7. The number of fused-ring (bicyclic) bond motifs is 1. The predicted molar refractivity (Wildman–Crippen MR) is 134 cm³/mol. The van der Waals surface area contributed by atoms with Crippen LogP contribution in [0.3, 0.4) is 0 Å². The van der Waals surface area contributed by atoms with Gasteiger partial charge in [-0.3, -0.25) is 9.36 Å². The molecule has 1 atom stereocenters. The first-order valence-electron chi connectivity index (χ1n) is 10.5. The number of anilines is 2. The van der Waals surface area contributed by atoms with Gasteiger partial charge in [0.05, 0.1) is 11.9 Å². The van der Waals surface area contributed by atoms with Crippen LogP contribution in [0.5, 0.6) is 0 Å². The fraction of sp³-hybridized carbons (Fsp3) is 0.167. The Morgan fingerprint density at radius 3 is 2.17 bits per heavy atom. The molecule has 0 saturated heterocycles. The highest BCUT2D eigenvalue weighted by Crippen LogP contribution is 2.44. The number of nitrogens with zero attached hydrogens (tertiary/aromatic N) is 5. The maximum atomic E-state index is 13.9. The topological polar surface area (TPSA) is 98.1 Å². The molecule has 0 spiro atoms. The fourth-order valence-electron chi connectivity index (χ4n) is 4.35. The summed E-state index contributed by atoms with van der Waals surface area (Å²) in [5.74, 6) is -0.154. The van der Waals surface area contributed by atoms with Crippen LogP contribution in [-0.4, -0.2) is 40.1 Å². The average molecular weight is 528 g/mol. The summed E-state index contributed by atoms with van der Waals surface area (Å²) in [6.45, 7) is 1.71. The van der Waals surface area contributed by atoms with Crippen molar-refractivity contribution < 1.29 is 13.2 Å². The van der Waals surface area contributed by atoms with Crippen molar-refractivity contribution >= 4 is 50.6 Å². The van der Waals surface area contributed by atoms with E-state index in [1.807, 2.05) is 24.3 Å². The number of carbonyl (C=O) groups is 1. The quantitative estimate of drug-likeness (QED) is 0.373. The predicted octanol–water partition coefficient (Wildman–Crippen LogP) is 4.69. The Hall–Kier alpha value is -3.27. The van der Waals surface area contributed by atoms with Gasteiger partial charge in [0.2, 0.25) is 5.95 Å². The van der Waals surface area contributed by atoms with Crippen molar-refractivity contribution in [1.29, 1.82) is 0 Å². The molecule has 1 aliphatic heterocycles. The molecule has 5 rings (SSSR count). The van der Waals surface area contributed by atoms with Crippen LogP contribution in [-0.2, 0) is 26.6 Å². The van der Waals surface area contributed by atoms with Gasteiger partial charge in [-0.1, -0.05) is 47.5 Å². The third-order valence-electron chi connectivity index (χ3n) is 5.95. The van der Waals surface area contributed by atoms with E-state index in [9.17, 15) is 13.2 Å². The molecule has 178 valence electrons. The first-order valence-corrected chi connectivity index (χ1v) is 13.2. The zero-order chi connectivity index (χ0) is 25.0. The van der Waals surface area contributed by atoms with Gasteiger partial charge >= 0.3 is 0 Å². The number of amides is 1. The third-order valence-corrected chi connectivity index (χ3v) is 7.43. The van der Waals surface area contributed by atoms with E-state index in [4.69, 9.17) is 23.2 Å². The van der Waals surface area contributed by atoms with E-state index in [0.717, 1.165) is 22.9 Å². The second kappa shape index (κ2) is 8.44. The number of hydrogen-bond donors (Lipinski definition) is 0. The number of sulfone groups is 1. The Labute approximate surface area is 212 Å². The van der Waals surface area contributed by atoms with Crippen molar-refractivity contribution in [3.63, 3.8) is 0 Å². The minimum absolute atomic E-state index is 0.0444. The molecule has 2 aromatic carbocycles. The van der Waals surface area contributed by atoms with Gasteiger partial charge in [-0.05, 0) is 36.2 Å². The van der Waals surface area contributed by atoms with Gasteiger partial charge in [0, 0.05) is 40.7 Å². The molecule has 1 amide bonds. The van der Waals surface area contributed by atoms with E-state index in [0.29, 0.717) is 15.7 Å². The van der Waals surface area contributed by atoms with Crippen molar-refractivity contribution in [2.24, 2.45) is 0 Å². The van der Waals surface area contributed by atoms with Crippen molar-refractivity contribution in [1.82, 2.24) is 19.5 Å². The van der Waals surface area contributed by atoms with Gasteiger partial charge in [0.1, 0.15) is 11.9 Å². The Morgan fingerprint density at radius 2 is 1.57 bits per heavy atom. The molecular formula is C24H19Cl2N5O3S. The summed E-state index contributed by atoms with van der Waals surface area (Å²) in [5.41, 5.74) is 1.76. The Bertz CT molecular complexity index is 1540. The van der Waals surface area contributed by atoms with Gasteiger partial charge in [-0.2, -0.15) is 0 Å². The molecule has 0 aliphatic carbocycles. The lowest BCUT2D eigenvalue weighted by atomic mass is 9.91. The second-order valence-corrected chi connectivity index (χ2v) is 11.4. The molecule has 3 heterocycles. The molecule has 0 fully saturated rings. The summed E-state index contributed by atoms with van der Waals surface area (Å²) >= 11 is 12.4. The van der Waals surface area contributed by atoms with E-state index in [1.54, 1.807) is 37.5 Å². The van der Waals surface area contributed by atoms with E-state index in [1.165, 1.54) is 22.0 Å². The van der Waals surface area contributed by atoms with Crippen molar-refractivity contribution in [3.05, 3.63) is 83.0 Å². The van der Waals surface area contributed by atoms with Gasteiger partial charge in [-0.25, -0.2) is 28.3 Å². The van der Waals surface area contributed by atoms with Crippen LogP contribution < -0.4 is 4.90 Å². The monoisotopic (exact) mass is 527 g/mol. The zero-order valence-corrected chi connectivity index (χ0v) is 21.0. The first kappa shape index (κ1) is 23.5. The largest absolute Gasteiger partial charge is 0.285 e. The summed E-state index contributed by atoms with van der Waals surface area (Å²) in [6.07, 6.45) is 7.49. The van der Waals surface area contributed by atoms with E-state index >= 15 is 0 Å². The summed E-state index contributed by atoms with van der Waals surface area (Å²) in [5, 5.41) is 0.642. The van der Waals surface area contributed by atoms with Crippen LogP contribution in [0.4, 0.5) is 11.6 Å². The van der Waals surface area contributed by atoms with Crippen LogP contribution in [0.2, 0.25) is 10.0 Å². The van der Waals surface area contributed by atoms with Gasteiger partial charge < -0.3 is 0 Å². The molecule has 2 aromatic heterocycles. The summed E-state index contributed by atoms with van der Waals surface area (Å²) in [4.78, 5) is 27.7. The zero-order valence-electron chi connectivity index (χ0n) is 18.7. The SMILES string of the molecule is CC1(Cc2ccc(-c3cncnc3)cc2)C(=O)N(c2cc(Cl)cc(Cl)c2)c2ncc(S(C)(=O)=O)n21. The molecule has 4 aromatic rings. The van der Waals surface area contributed by atoms with Crippen molar-refractivity contribution in [2.45, 2.75) is 23.9 Å². The molecule has 0 bridgehead atoms. The Kier molecular flexibility index (Phi) is 5.66. The summed E-state index contributed by atoms with van der Waals surface area (Å²) in [7, 11) is -3.68. The average Bonchev–Trinajstić information content (AvgIpc) is 3.33. The standard InChI is InChI=1S/C24H19Cl2N5O3S/c1-24(10-15-3-5-16(6-4-15)17-11-27-14-28-12-17)22(32)30(20-8-18(25)7-19(26)9-20)23-29-13-21(31(23)24)35(2,33)34/h3-9,11-14H,10H2,1-2H3. The van der Waals surface area contributed by atoms with Gasteiger partial charge in [0.15, 0.2) is 14.9 Å². The highest BCUT2D eigenvalue weighted by Gasteiger charge is 2.51. The van der Waals surface area contributed by atoms with Crippen LogP contribution in [0.25, 0.3) is 11.1 Å². The number of benzene rings is 2. The van der Waals surface area contributed by atoms with Crippen molar-refractivity contribution in [2.75, 3.05) is 11.2 Å². The first-order chi connectivity index (χ1) is 16.6. The van der Waals surface area contributed by atoms with E-state index in [-0.39, 0.29) is 23.3 Å². The molecule has 1 unspecified atom stereocenters. The van der Waals surface area contributed by atoms with E-state index < -0.39 is 15.4 Å².